The number of piperidine rings is 1. The van der Waals surface area contributed by atoms with E-state index in [1.54, 1.807) is 24.3 Å². The third-order valence-electron chi connectivity index (χ3n) is 4.87. The third-order valence-corrected chi connectivity index (χ3v) is 4.87. The monoisotopic (exact) mass is 330 g/mol. The van der Waals surface area contributed by atoms with E-state index >= 15 is 0 Å². The predicted octanol–water partition coefficient (Wildman–Crippen LogP) is 2.70. The number of rotatable bonds is 4. The van der Waals surface area contributed by atoms with Crippen LogP contribution in [0.2, 0.25) is 0 Å². The molecular formula is C19H26N2O3. The van der Waals surface area contributed by atoms with Crippen molar-refractivity contribution in [2.24, 2.45) is 11.8 Å². The highest BCUT2D eigenvalue weighted by atomic mass is 16.5. The van der Waals surface area contributed by atoms with Gasteiger partial charge in [0.25, 0.3) is 5.91 Å². The lowest BCUT2D eigenvalue weighted by molar-refractivity contribution is -0.123. The maximum absolute atomic E-state index is 12.9. The van der Waals surface area contributed by atoms with Crippen LogP contribution in [0.4, 0.5) is 5.69 Å². The maximum atomic E-state index is 12.9. The standard InChI is InChI=1S/C19H26N2O3/c1-4-24-16-7-5-15(6-8-16)21-18(22)10-17(19(21)23)20-11-13(2)9-14(3)12-20/h5-8,13-14,17H,4,9-12H2,1-3H3/t13-,14-,17-/m1/s1. The first-order valence-electron chi connectivity index (χ1n) is 8.83. The lowest BCUT2D eigenvalue weighted by Gasteiger charge is -2.37. The highest BCUT2D eigenvalue weighted by Gasteiger charge is 2.44. The topological polar surface area (TPSA) is 49.9 Å². The number of benzene rings is 1. The van der Waals surface area contributed by atoms with Crippen LogP contribution in [-0.4, -0.2) is 42.5 Å². The molecule has 5 heteroatoms. The molecule has 5 nitrogen and oxygen atoms in total. The fourth-order valence-electron chi connectivity index (χ4n) is 4.00. The van der Waals surface area contributed by atoms with Gasteiger partial charge in [0.2, 0.25) is 5.91 Å². The Bertz CT molecular complexity index is 604. The van der Waals surface area contributed by atoms with E-state index in [2.05, 4.69) is 18.7 Å². The molecule has 0 bridgehead atoms. The first-order chi connectivity index (χ1) is 11.5. The van der Waals surface area contributed by atoms with Gasteiger partial charge in [0.15, 0.2) is 0 Å². The van der Waals surface area contributed by atoms with Crippen LogP contribution >= 0.6 is 0 Å². The number of ether oxygens (including phenoxy) is 1. The summed E-state index contributed by atoms with van der Waals surface area (Å²) in [4.78, 5) is 28.9. The summed E-state index contributed by atoms with van der Waals surface area (Å²) in [6.07, 6.45) is 1.47. The van der Waals surface area contributed by atoms with Crippen molar-refractivity contribution >= 4 is 17.5 Å². The molecule has 2 aliphatic rings. The molecule has 2 aliphatic heterocycles. The van der Waals surface area contributed by atoms with Crippen molar-refractivity contribution in [3.05, 3.63) is 24.3 Å². The number of amides is 2. The number of carbonyl (C=O) groups is 2. The minimum Gasteiger partial charge on any atom is -0.494 e. The van der Waals surface area contributed by atoms with Crippen LogP contribution in [0.3, 0.4) is 0 Å². The smallest absolute Gasteiger partial charge is 0.251 e. The number of hydrogen-bond acceptors (Lipinski definition) is 4. The van der Waals surface area contributed by atoms with Crippen LogP contribution in [0, 0.1) is 11.8 Å². The van der Waals surface area contributed by atoms with Gasteiger partial charge >= 0.3 is 0 Å². The van der Waals surface area contributed by atoms with Gasteiger partial charge in [-0.1, -0.05) is 13.8 Å². The molecule has 0 saturated carbocycles. The Morgan fingerprint density at radius 3 is 2.29 bits per heavy atom. The van der Waals surface area contributed by atoms with Gasteiger partial charge in [0, 0.05) is 13.1 Å². The van der Waals surface area contributed by atoms with Crippen LogP contribution in [-0.2, 0) is 9.59 Å². The lowest BCUT2D eigenvalue weighted by atomic mass is 9.90. The van der Waals surface area contributed by atoms with E-state index in [1.165, 1.54) is 11.3 Å². The van der Waals surface area contributed by atoms with Crippen molar-refractivity contribution in [2.75, 3.05) is 24.6 Å². The normalized spacial score (nSPS) is 28.5. The highest BCUT2D eigenvalue weighted by molar-refractivity contribution is 6.22. The summed E-state index contributed by atoms with van der Waals surface area (Å²) in [5.74, 6) is 1.67. The fourth-order valence-corrected chi connectivity index (χ4v) is 4.00. The van der Waals surface area contributed by atoms with Crippen molar-refractivity contribution in [1.29, 1.82) is 0 Å². The second-order valence-electron chi connectivity index (χ2n) is 7.11. The summed E-state index contributed by atoms with van der Waals surface area (Å²) < 4.78 is 5.42. The van der Waals surface area contributed by atoms with Gasteiger partial charge in [-0.2, -0.15) is 0 Å². The summed E-state index contributed by atoms with van der Waals surface area (Å²) >= 11 is 0. The van der Waals surface area contributed by atoms with Crippen LogP contribution in [0.15, 0.2) is 24.3 Å². The van der Waals surface area contributed by atoms with Crippen LogP contribution in [0.1, 0.15) is 33.6 Å². The molecule has 1 aromatic carbocycles. The molecule has 2 fully saturated rings. The summed E-state index contributed by atoms with van der Waals surface area (Å²) in [6, 6.07) is 6.86. The van der Waals surface area contributed by atoms with E-state index in [0.717, 1.165) is 18.8 Å². The van der Waals surface area contributed by atoms with E-state index in [1.807, 2.05) is 6.92 Å². The van der Waals surface area contributed by atoms with Crippen LogP contribution < -0.4 is 9.64 Å². The molecule has 130 valence electrons. The Morgan fingerprint density at radius 1 is 1.08 bits per heavy atom. The first-order valence-corrected chi connectivity index (χ1v) is 8.83. The SMILES string of the molecule is CCOc1ccc(N2C(=O)C[C@@H](N3C[C@H](C)C[C@@H](C)C3)C2=O)cc1. The van der Waals surface area contributed by atoms with Gasteiger partial charge in [0.05, 0.1) is 24.8 Å². The molecule has 2 amide bonds. The van der Waals surface area contributed by atoms with Crippen molar-refractivity contribution in [2.45, 2.75) is 39.7 Å². The molecule has 0 unspecified atom stereocenters. The van der Waals surface area contributed by atoms with E-state index in [0.29, 0.717) is 24.1 Å². The Hall–Kier alpha value is -1.88. The molecule has 3 rings (SSSR count). The predicted molar refractivity (Wildman–Crippen MR) is 93.0 cm³/mol. The van der Waals surface area contributed by atoms with Crippen molar-refractivity contribution in [3.63, 3.8) is 0 Å². The van der Waals surface area contributed by atoms with E-state index < -0.39 is 0 Å². The molecular weight excluding hydrogens is 304 g/mol. The largest absolute Gasteiger partial charge is 0.494 e. The lowest BCUT2D eigenvalue weighted by Crippen LogP contribution is -2.48. The quantitative estimate of drug-likeness (QED) is 0.797. The van der Waals surface area contributed by atoms with E-state index in [-0.39, 0.29) is 24.3 Å². The second kappa shape index (κ2) is 6.93. The van der Waals surface area contributed by atoms with Crippen LogP contribution in [0.25, 0.3) is 0 Å². The van der Waals surface area contributed by atoms with Gasteiger partial charge in [-0.3, -0.25) is 14.5 Å². The zero-order valence-corrected chi connectivity index (χ0v) is 14.7. The maximum Gasteiger partial charge on any atom is 0.251 e. The van der Waals surface area contributed by atoms with Crippen molar-refractivity contribution in [3.8, 4) is 5.75 Å². The zero-order valence-electron chi connectivity index (χ0n) is 14.7. The Labute approximate surface area is 143 Å². The molecule has 2 heterocycles. The van der Waals surface area contributed by atoms with Crippen LogP contribution in [0.5, 0.6) is 5.75 Å². The van der Waals surface area contributed by atoms with Crippen molar-refractivity contribution in [1.82, 2.24) is 4.90 Å². The number of likely N-dealkylation sites (tertiary alicyclic amines) is 1. The number of carbonyl (C=O) groups excluding carboxylic acids is 2. The Morgan fingerprint density at radius 2 is 1.71 bits per heavy atom. The average molecular weight is 330 g/mol. The van der Waals surface area contributed by atoms with Gasteiger partial charge in [0.1, 0.15) is 5.75 Å². The molecule has 0 aromatic heterocycles. The molecule has 24 heavy (non-hydrogen) atoms. The summed E-state index contributed by atoms with van der Waals surface area (Å²) in [7, 11) is 0. The molecule has 0 N–H and O–H groups in total. The minimum atomic E-state index is -0.311. The van der Waals surface area contributed by atoms with Gasteiger partial charge in [-0.05, 0) is 49.4 Å². The fraction of sp³-hybridized carbons (Fsp3) is 0.579. The molecule has 0 radical (unpaired) electrons. The van der Waals surface area contributed by atoms with E-state index in [9.17, 15) is 9.59 Å². The zero-order chi connectivity index (χ0) is 17.3. The Balaban J connectivity index is 1.76. The second-order valence-corrected chi connectivity index (χ2v) is 7.11. The highest BCUT2D eigenvalue weighted by Crippen LogP contribution is 2.30. The average Bonchev–Trinajstić information content (AvgIpc) is 2.83. The Kier molecular flexibility index (Phi) is 4.90. The number of hydrogen-bond donors (Lipinski definition) is 0. The molecule has 0 aliphatic carbocycles. The molecule has 0 spiro atoms. The number of nitrogens with zero attached hydrogens (tertiary/aromatic N) is 2. The van der Waals surface area contributed by atoms with Gasteiger partial charge in [-0.15, -0.1) is 0 Å². The molecule has 1 aromatic rings. The van der Waals surface area contributed by atoms with E-state index in [4.69, 9.17) is 4.74 Å². The summed E-state index contributed by atoms with van der Waals surface area (Å²) in [5.41, 5.74) is 0.633. The number of imide groups is 1. The number of anilines is 1. The van der Waals surface area contributed by atoms with Crippen molar-refractivity contribution < 1.29 is 14.3 Å². The summed E-state index contributed by atoms with van der Waals surface area (Å²) in [5, 5.41) is 0. The molecule has 2 saturated heterocycles. The van der Waals surface area contributed by atoms with Gasteiger partial charge in [-0.25, -0.2) is 4.90 Å². The molecule has 3 atom stereocenters. The first kappa shape index (κ1) is 17.0. The minimum absolute atomic E-state index is 0.0922. The van der Waals surface area contributed by atoms with Gasteiger partial charge < -0.3 is 4.74 Å². The third kappa shape index (κ3) is 3.31. The summed E-state index contributed by atoms with van der Waals surface area (Å²) in [6.45, 7) is 8.74.